The van der Waals surface area contributed by atoms with Crippen LogP contribution in [0.25, 0.3) is 0 Å². The van der Waals surface area contributed by atoms with E-state index in [-0.39, 0.29) is 11.3 Å². The fourth-order valence-corrected chi connectivity index (χ4v) is 4.44. The number of amides is 1. The maximum absolute atomic E-state index is 13.5. The van der Waals surface area contributed by atoms with Gasteiger partial charge in [-0.15, -0.1) is 0 Å². The lowest BCUT2D eigenvalue weighted by Gasteiger charge is -2.40. The minimum atomic E-state index is -4.40. The highest BCUT2D eigenvalue weighted by Crippen LogP contribution is 2.44. The molecule has 1 atom stereocenters. The number of nitrogens with zero attached hydrogens (tertiary/aromatic N) is 1. The van der Waals surface area contributed by atoms with E-state index in [0.29, 0.717) is 38.0 Å². The fourth-order valence-electron chi connectivity index (χ4n) is 4.44. The summed E-state index contributed by atoms with van der Waals surface area (Å²) in [5.41, 5.74) is 4.76. The van der Waals surface area contributed by atoms with Crippen LogP contribution in [0, 0.1) is 5.41 Å². The van der Waals surface area contributed by atoms with Gasteiger partial charge in [0.1, 0.15) is 0 Å². The molecule has 1 aliphatic carbocycles. The first kappa shape index (κ1) is 19.2. The number of carbonyl (C=O) groups excluding carboxylic acids is 1. The molecule has 1 saturated carbocycles. The second-order valence-electron chi connectivity index (χ2n) is 8.21. The first-order valence-electron chi connectivity index (χ1n) is 9.37. The van der Waals surface area contributed by atoms with E-state index >= 15 is 0 Å². The molecule has 0 aromatic heterocycles. The number of hydrogen-bond acceptors (Lipinski definition) is 2. The topological polar surface area (TPSA) is 46.3 Å². The molecule has 1 amide bonds. The summed E-state index contributed by atoms with van der Waals surface area (Å²) >= 11 is 0. The van der Waals surface area contributed by atoms with Crippen molar-refractivity contribution >= 4 is 5.91 Å². The highest BCUT2D eigenvalue weighted by atomic mass is 19.4. The molecule has 3 rings (SSSR count). The van der Waals surface area contributed by atoms with Gasteiger partial charge in [0.2, 0.25) is 5.91 Å². The van der Waals surface area contributed by atoms with Crippen molar-refractivity contribution in [2.24, 2.45) is 11.1 Å². The lowest BCUT2D eigenvalue weighted by atomic mass is 9.68. The van der Waals surface area contributed by atoms with Gasteiger partial charge < -0.3 is 10.6 Å². The zero-order valence-corrected chi connectivity index (χ0v) is 15.2. The van der Waals surface area contributed by atoms with Crippen LogP contribution in [0.5, 0.6) is 0 Å². The van der Waals surface area contributed by atoms with Gasteiger partial charge >= 0.3 is 6.18 Å². The number of hydrogen-bond donors (Lipinski definition) is 1. The number of halogens is 3. The van der Waals surface area contributed by atoms with Gasteiger partial charge in [-0.1, -0.05) is 44.4 Å². The van der Waals surface area contributed by atoms with E-state index in [9.17, 15) is 18.0 Å². The van der Waals surface area contributed by atoms with Gasteiger partial charge in [0.05, 0.1) is 11.0 Å². The number of nitrogens with two attached hydrogens (primary N) is 1. The molecule has 144 valence electrons. The number of rotatable bonds is 3. The summed E-state index contributed by atoms with van der Waals surface area (Å²) in [6, 6.07) is 5.37. The van der Waals surface area contributed by atoms with Gasteiger partial charge in [0.15, 0.2) is 0 Å². The first-order valence-corrected chi connectivity index (χ1v) is 9.37. The van der Waals surface area contributed by atoms with Crippen LogP contribution in [-0.2, 0) is 16.4 Å². The van der Waals surface area contributed by atoms with Crippen LogP contribution in [0.15, 0.2) is 24.3 Å². The molecule has 26 heavy (non-hydrogen) atoms. The van der Waals surface area contributed by atoms with Crippen molar-refractivity contribution in [3.8, 4) is 0 Å². The third-order valence-electron chi connectivity index (χ3n) is 6.20. The zero-order valence-electron chi connectivity index (χ0n) is 15.2. The maximum Gasteiger partial charge on any atom is 0.416 e. The van der Waals surface area contributed by atoms with Crippen LogP contribution in [-0.4, -0.2) is 30.4 Å². The van der Waals surface area contributed by atoms with Gasteiger partial charge in [-0.25, -0.2) is 0 Å². The molecule has 1 aromatic rings. The highest BCUT2D eigenvalue weighted by molar-refractivity contribution is 5.88. The Hall–Kier alpha value is -1.56. The van der Waals surface area contributed by atoms with E-state index in [1.54, 1.807) is 6.07 Å². The quantitative estimate of drug-likeness (QED) is 0.873. The van der Waals surface area contributed by atoms with Crippen molar-refractivity contribution in [3.63, 3.8) is 0 Å². The van der Waals surface area contributed by atoms with Gasteiger partial charge in [-0.3, -0.25) is 4.79 Å². The average molecular weight is 368 g/mol. The van der Waals surface area contributed by atoms with E-state index < -0.39 is 17.2 Å². The van der Waals surface area contributed by atoms with Gasteiger partial charge in [-0.05, 0) is 42.9 Å². The minimum Gasteiger partial charge on any atom is -0.341 e. The van der Waals surface area contributed by atoms with Crippen LogP contribution in [0.2, 0.25) is 0 Å². The summed E-state index contributed by atoms with van der Waals surface area (Å²) in [6.45, 7) is 3.79. The Morgan fingerprint density at radius 1 is 1.19 bits per heavy atom. The third kappa shape index (κ3) is 3.48. The Balaban J connectivity index is 1.96. The Labute approximate surface area is 152 Å². The third-order valence-corrected chi connectivity index (χ3v) is 6.20. The molecular formula is C20H27F3N2O. The molecule has 2 fully saturated rings. The lowest BCUT2D eigenvalue weighted by molar-refractivity contribution is -0.140. The molecule has 0 bridgehead atoms. The van der Waals surface area contributed by atoms with Gasteiger partial charge in [0, 0.05) is 13.1 Å². The largest absolute Gasteiger partial charge is 0.416 e. The van der Waals surface area contributed by atoms with E-state index in [4.69, 9.17) is 5.73 Å². The van der Waals surface area contributed by atoms with Crippen LogP contribution in [0.3, 0.4) is 0 Å². The van der Waals surface area contributed by atoms with Crippen LogP contribution >= 0.6 is 0 Å². The molecule has 6 heteroatoms. The standard InChI is InChI=1S/C20H27F3N2O/c1-18(13-24)10-11-25(14-18)17(26)19(8-3-2-4-9-19)15-6-5-7-16(12-15)20(21,22)23/h5-7,12H,2-4,8-11,13-14,24H2,1H3. The predicted octanol–water partition coefficient (Wildman–Crippen LogP) is 4.10. The predicted molar refractivity (Wildman–Crippen MR) is 94.6 cm³/mol. The molecular weight excluding hydrogens is 341 g/mol. The Morgan fingerprint density at radius 2 is 1.88 bits per heavy atom. The number of alkyl halides is 3. The van der Waals surface area contributed by atoms with E-state index in [0.717, 1.165) is 31.7 Å². The number of benzene rings is 1. The Kier molecular flexibility index (Phi) is 5.08. The molecule has 1 aliphatic heterocycles. The zero-order chi connectivity index (χ0) is 19.0. The fraction of sp³-hybridized carbons (Fsp3) is 0.650. The van der Waals surface area contributed by atoms with Crippen molar-refractivity contribution in [1.29, 1.82) is 0 Å². The lowest BCUT2D eigenvalue weighted by Crippen LogP contribution is -2.48. The van der Waals surface area contributed by atoms with E-state index in [2.05, 4.69) is 6.92 Å². The van der Waals surface area contributed by atoms with Crippen LogP contribution in [0.4, 0.5) is 13.2 Å². The molecule has 1 aromatic carbocycles. The number of carbonyl (C=O) groups is 1. The monoisotopic (exact) mass is 368 g/mol. The molecule has 3 nitrogen and oxygen atoms in total. The highest BCUT2D eigenvalue weighted by Gasteiger charge is 2.47. The summed E-state index contributed by atoms with van der Waals surface area (Å²) in [5.74, 6) is -0.0197. The Morgan fingerprint density at radius 3 is 2.46 bits per heavy atom. The molecule has 1 unspecified atom stereocenters. The first-order chi connectivity index (χ1) is 12.2. The minimum absolute atomic E-state index is 0.0197. The second kappa shape index (κ2) is 6.87. The van der Waals surface area contributed by atoms with Crippen molar-refractivity contribution in [2.75, 3.05) is 19.6 Å². The van der Waals surface area contributed by atoms with E-state index in [1.807, 2.05) is 4.90 Å². The molecule has 0 spiro atoms. The van der Waals surface area contributed by atoms with Crippen molar-refractivity contribution in [1.82, 2.24) is 4.90 Å². The van der Waals surface area contributed by atoms with Gasteiger partial charge in [-0.2, -0.15) is 13.2 Å². The molecule has 1 heterocycles. The maximum atomic E-state index is 13.5. The summed E-state index contributed by atoms with van der Waals surface area (Å²) < 4.78 is 39.6. The average Bonchev–Trinajstić information content (AvgIpc) is 3.04. The summed E-state index contributed by atoms with van der Waals surface area (Å²) in [6.07, 6.45) is 0.420. The van der Waals surface area contributed by atoms with Crippen LogP contribution < -0.4 is 5.73 Å². The Bertz CT molecular complexity index is 667. The molecule has 1 saturated heterocycles. The second-order valence-corrected chi connectivity index (χ2v) is 8.21. The summed E-state index contributed by atoms with van der Waals surface area (Å²) in [7, 11) is 0. The normalized spacial score (nSPS) is 26.1. The SMILES string of the molecule is CC1(CN)CCN(C(=O)C2(c3cccc(C(F)(F)F)c3)CCCCC2)C1. The molecule has 0 radical (unpaired) electrons. The van der Waals surface area contributed by atoms with Gasteiger partial charge in [0.25, 0.3) is 0 Å². The smallest absolute Gasteiger partial charge is 0.341 e. The van der Waals surface area contributed by atoms with Crippen molar-refractivity contribution in [2.45, 2.75) is 57.0 Å². The van der Waals surface area contributed by atoms with Crippen molar-refractivity contribution < 1.29 is 18.0 Å². The van der Waals surface area contributed by atoms with Crippen molar-refractivity contribution in [3.05, 3.63) is 35.4 Å². The number of likely N-dealkylation sites (tertiary alicyclic amines) is 1. The molecule has 2 aliphatic rings. The summed E-state index contributed by atoms with van der Waals surface area (Å²) in [5, 5.41) is 0. The van der Waals surface area contributed by atoms with E-state index in [1.165, 1.54) is 12.1 Å². The molecule has 2 N–H and O–H groups in total. The summed E-state index contributed by atoms with van der Waals surface area (Å²) in [4.78, 5) is 15.3. The van der Waals surface area contributed by atoms with Crippen LogP contribution in [0.1, 0.15) is 56.6 Å².